The van der Waals surface area contributed by atoms with Crippen LogP contribution >= 0.6 is 0 Å². The van der Waals surface area contributed by atoms with Crippen molar-refractivity contribution < 1.29 is 22.7 Å². The summed E-state index contributed by atoms with van der Waals surface area (Å²) in [5, 5.41) is 9.67. The molecule has 1 aromatic carbocycles. The third kappa shape index (κ3) is 2.97. The van der Waals surface area contributed by atoms with Crippen molar-refractivity contribution in [2.45, 2.75) is 24.3 Å². The van der Waals surface area contributed by atoms with Gasteiger partial charge in [0.15, 0.2) is 11.6 Å². The predicted octanol–water partition coefficient (Wildman–Crippen LogP) is 0.808. The zero-order valence-electron chi connectivity index (χ0n) is 11.9. The number of aliphatic hydroxyl groups excluding tert-OH is 1. The Bertz CT molecular complexity index is 612. The minimum Gasteiger partial charge on any atom is -0.492 e. The molecule has 0 spiro atoms. The van der Waals surface area contributed by atoms with Crippen LogP contribution in [0, 0.1) is 11.7 Å². The van der Waals surface area contributed by atoms with Crippen molar-refractivity contribution in [2.75, 3.05) is 25.9 Å². The summed E-state index contributed by atoms with van der Waals surface area (Å²) in [6.07, 6.45) is -0.164. The Balaban J connectivity index is 2.36. The zero-order chi connectivity index (χ0) is 15.8. The average molecular weight is 318 g/mol. The number of hydrogen-bond acceptors (Lipinski definition) is 5. The van der Waals surface area contributed by atoms with Gasteiger partial charge < -0.3 is 15.6 Å². The maximum absolute atomic E-state index is 13.8. The van der Waals surface area contributed by atoms with Crippen LogP contribution in [0.15, 0.2) is 17.0 Å². The van der Waals surface area contributed by atoms with Gasteiger partial charge in [0.05, 0.1) is 23.8 Å². The van der Waals surface area contributed by atoms with Crippen molar-refractivity contribution in [3.05, 3.63) is 17.9 Å². The highest BCUT2D eigenvalue weighted by Gasteiger charge is 2.33. The number of nitrogens with zero attached hydrogens (tertiary/aromatic N) is 1. The van der Waals surface area contributed by atoms with Crippen LogP contribution < -0.4 is 10.5 Å². The summed E-state index contributed by atoms with van der Waals surface area (Å²) < 4.78 is 44.9. The van der Waals surface area contributed by atoms with Crippen LogP contribution in [0.5, 0.6) is 5.75 Å². The quantitative estimate of drug-likeness (QED) is 0.805. The molecule has 21 heavy (non-hydrogen) atoms. The number of nitrogen functional groups attached to an aromatic ring is 1. The Labute approximate surface area is 123 Å². The van der Waals surface area contributed by atoms with Crippen LogP contribution in [-0.2, 0) is 10.0 Å². The van der Waals surface area contributed by atoms with Crippen molar-refractivity contribution in [2.24, 2.45) is 5.92 Å². The molecule has 1 fully saturated rings. The highest BCUT2D eigenvalue weighted by molar-refractivity contribution is 7.89. The average Bonchev–Trinajstić information content (AvgIpc) is 2.41. The van der Waals surface area contributed by atoms with Crippen molar-refractivity contribution in [3.63, 3.8) is 0 Å². The predicted molar refractivity (Wildman–Crippen MR) is 75.9 cm³/mol. The van der Waals surface area contributed by atoms with Crippen molar-refractivity contribution in [1.82, 2.24) is 4.31 Å². The molecule has 2 atom stereocenters. The van der Waals surface area contributed by atoms with Crippen LogP contribution in [0.3, 0.4) is 0 Å². The third-order valence-electron chi connectivity index (χ3n) is 3.71. The van der Waals surface area contributed by atoms with E-state index in [1.165, 1.54) is 17.5 Å². The van der Waals surface area contributed by atoms with Gasteiger partial charge in [-0.1, -0.05) is 6.92 Å². The largest absolute Gasteiger partial charge is 0.492 e. The molecule has 8 heteroatoms. The molecular formula is C13H19FN2O4S. The lowest BCUT2D eigenvalue weighted by Crippen LogP contribution is -2.44. The highest BCUT2D eigenvalue weighted by Crippen LogP contribution is 2.31. The minimum absolute atomic E-state index is 0.0684. The number of benzene rings is 1. The highest BCUT2D eigenvalue weighted by atomic mass is 32.2. The maximum Gasteiger partial charge on any atom is 0.243 e. The summed E-state index contributed by atoms with van der Waals surface area (Å²) in [5.74, 6) is -1.16. The molecule has 1 aromatic rings. The van der Waals surface area contributed by atoms with Gasteiger partial charge in [-0.2, -0.15) is 4.31 Å². The van der Waals surface area contributed by atoms with E-state index in [4.69, 9.17) is 10.5 Å². The van der Waals surface area contributed by atoms with E-state index in [0.717, 1.165) is 6.07 Å². The first-order valence-corrected chi connectivity index (χ1v) is 8.02. The molecule has 1 saturated heterocycles. The van der Waals surface area contributed by atoms with Crippen LogP contribution in [0.25, 0.3) is 0 Å². The minimum atomic E-state index is -3.84. The standard InChI is InChI=1S/C13H19FN2O4S/c1-8-7-16(4-3-12(8)17)21(18,19)9-5-10(14)13(20-2)11(15)6-9/h5-6,8,12,17H,3-4,7,15H2,1-2H3. The molecular weight excluding hydrogens is 299 g/mol. The number of anilines is 1. The second kappa shape index (κ2) is 5.78. The van der Waals surface area contributed by atoms with E-state index < -0.39 is 21.9 Å². The van der Waals surface area contributed by atoms with Gasteiger partial charge in [-0.15, -0.1) is 0 Å². The fourth-order valence-corrected chi connectivity index (χ4v) is 4.02. The maximum atomic E-state index is 13.8. The van der Waals surface area contributed by atoms with Crippen LogP contribution in [0.2, 0.25) is 0 Å². The first-order chi connectivity index (χ1) is 9.77. The number of methoxy groups -OCH3 is 1. The van der Waals surface area contributed by atoms with E-state index >= 15 is 0 Å². The topological polar surface area (TPSA) is 92.9 Å². The van der Waals surface area contributed by atoms with E-state index in [9.17, 15) is 17.9 Å². The molecule has 2 rings (SSSR count). The Morgan fingerprint density at radius 3 is 2.67 bits per heavy atom. The second-order valence-corrected chi connectivity index (χ2v) is 7.16. The van der Waals surface area contributed by atoms with Crippen LogP contribution in [-0.4, -0.2) is 44.1 Å². The summed E-state index contributed by atoms with van der Waals surface area (Å²) >= 11 is 0. The smallest absolute Gasteiger partial charge is 0.243 e. The molecule has 1 aliphatic rings. The summed E-state index contributed by atoms with van der Waals surface area (Å²) in [5.41, 5.74) is 5.55. The van der Waals surface area contributed by atoms with Gasteiger partial charge in [-0.25, -0.2) is 12.8 Å². The van der Waals surface area contributed by atoms with Gasteiger partial charge in [-0.05, 0) is 24.5 Å². The number of rotatable bonds is 3. The van der Waals surface area contributed by atoms with Crippen LogP contribution in [0.4, 0.5) is 10.1 Å². The molecule has 0 aliphatic carbocycles. The monoisotopic (exact) mass is 318 g/mol. The first kappa shape index (κ1) is 16.0. The number of halogens is 1. The lowest BCUT2D eigenvalue weighted by atomic mass is 9.99. The molecule has 1 heterocycles. The number of ether oxygens (including phenoxy) is 1. The van der Waals surface area contributed by atoms with Gasteiger partial charge in [0.1, 0.15) is 0 Å². The molecule has 6 nitrogen and oxygen atoms in total. The van der Waals surface area contributed by atoms with E-state index in [1.807, 2.05) is 0 Å². The number of nitrogens with two attached hydrogens (primary N) is 1. The van der Waals surface area contributed by atoms with Gasteiger partial charge in [0, 0.05) is 13.1 Å². The number of aliphatic hydroxyl groups is 1. The Morgan fingerprint density at radius 1 is 1.48 bits per heavy atom. The van der Waals surface area contributed by atoms with Crippen LogP contribution in [0.1, 0.15) is 13.3 Å². The summed E-state index contributed by atoms with van der Waals surface area (Å²) in [6.45, 7) is 2.16. The van der Waals surface area contributed by atoms with E-state index in [2.05, 4.69) is 0 Å². The Morgan fingerprint density at radius 2 is 2.14 bits per heavy atom. The van der Waals surface area contributed by atoms with Crippen molar-refractivity contribution in [3.8, 4) is 5.75 Å². The zero-order valence-corrected chi connectivity index (χ0v) is 12.7. The van der Waals surface area contributed by atoms with Crippen molar-refractivity contribution in [1.29, 1.82) is 0 Å². The van der Waals surface area contributed by atoms with Gasteiger partial charge >= 0.3 is 0 Å². The molecule has 118 valence electrons. The van der Waals surface area contributed by atoms with E-state index in [-0.39, 0.29) is 35.3 Å². The van der Waals surface area contributed by atoms with E-state index in [0.29, 0.717) is 6.42 Å². The fourth-order valence-electron chi connectivity index (χ4n) is 2.42. The summed E-state index contributed by atoms with van der Waals surface area (Å²) in [4.78, 5) is -0.207. The SMILES string of the molecule is COc1c(N)cc(S(=O)(=O)N2CCC(O)C(C)C2)cc1F. The molecule has 0 amide bonds. The van der Waals surface area contributed by atoms with Crippen molar-refractivity contribution >= 4 is 15.7 Å². The number of hydrogen-bond donors (Lipinski definition) is 2. The first-order valence-electron chi connectivity index (χ1n) is 6.58. The molecule has 3 N–H and O–H groups in total. The van der Waals surface area contributed by atoms with Gasteiger partial charge in [-0.3, -0.25) is 0 Å². The summed E-state index contributed by atoms with van der Waals surface area (Å²) in [7, 11) is -2.58. The second-order valence-electron chi connectivity index (χ2n) is 5.22. The van der Waals surface area contributed by atoms with Gasteiger partial charge in [0.25, 0.3) is 0 Å². The molecule has 0 saturated carbocycles. The lowest BCUT2D eigenvalue weighted by Gasteiger charge is -2.33. The van der Waals surface area contributed by atoms with Gasteiger partial charge in [0.2, 0.25) is 10.0 Å². The third-order valence-corrected chi connectivity index (χ3v) is 5.55. The Kier molecular flexibility index (Phi) is 4.40. The summed E-state index contributed by atoms with van der Waals surface area (Å²) in [6, 6.07) is 2.09. The number of piperidine rings is 1. The normalized spacial score (nSPS) is 24.0. The Hall–Kier alpha value is -1.38. The molecule has 2 unspecified atom stereocenters. The molecule has 0 radical (unpaired) electrons. The lowest BCUT2D eigenvalue weighted by molar-refractivity contribution is 0.0628. The molecule has 0 bridgehead atoms. The number of sulfonamides is 1. The fraction of sp³-hybridized carbons (Fsp3) is 0.538. The molecule has 1 aliphatic heterocycles. The molecule has 0 aromatic heterocycles. The van der Waals surface area contributed by atoms with E-state index in [1.54, 1.807) is 6.92 Å².